The number of carbonyl (C=O) groups excluding carboxylic acids is 1. The molecule has 0 saturated heterocycles. The first-order valence-electron chi connectivity index (χ1n) is 7.84. The van der Waals surface area contributed by atoms with Crippen LogP contribution in [0.15, 0.2) is 46.9 Å². The number of nitrogens with two attached hydrogens (primary N) is 1. The maximum atomic E-state index is 12.7. The normalized spacial score (nSPS) is 21.2. The molecule has 1 aromatic rings. The lowest BCUT2D eigenvalue weighted by molar-refractivity contribution is -0.116. The highest BCUT2D eigenvalue weighted by Gasteiger charge is 2.40. The minimum absolute atomic E-state index is 0.0864. The molecule has 1 aliphatic carbocycles. The van der Waals surface area contributed by atoms with E-state index in [-0.39, 0.29) is 5.78 Å². The Bertz CT molecular complexity index is 786. The summed E-state index contributed by atoms with van der Waals surface area (Å²) in [6.45, 7) is 0. The number of nitriles is 1. The summed E-state index contributed by atoms with van der Waals surface area (Å²) in [5.74, 6) is 0.0467. The molecule has 0 bridgehead atoms. The minimum Gasteiger partial charge on any atom is -0.383 e. The highest BCUT2D eigenvalue weighted by Crippen LogP contribution is 2.44. The van der Waals surface area contributed by atoms with Gasteiger partial charge >= 0.3 is 0 Å². The van der Waals surface area contributed by atoms with Crippen LogP contribution in [0, 0.1) is 11.3 Å². The van der Waals surface area contributed by atoms with E-state index in [0.717, 1.165) is 24.1 Å². The largest absolute Gasteiger partial charge is 0.383 e. The van der Waals surface area contributed by atoms with E-state index in [1.807, 2.05) is 31.2 Å². The summed E-state index contributed by atoms with van der Waals surface area (Å²) in [5.41, 5.74) is 9.16. The number of rotatable bonds is 2. The Morgan fingerprint density at radius 1 is 1.29 bits per heavy atom. The number of carbonyl (C=O) groups is 1. The molecule has 2 N–H and O–H groups in total. The highest BCUT2D eigenvalue weighted by molar-refractivity contribution is 6.30. The van der Waals surface area contributed by atoms with Crippen LogP contribution >= 0.6 is 11.6 Å². The molecule has 1 aliphatic heterocycles. The van der Waals surface area contributed by atoms with E-state index < -0.39 is 5.92 Å². The molecule has 0 spiro atoms. The lowest BCUT2D eigenvalue weighted by atomic mass is 9.76. The standard InChI is InChI=1S/C18H19ClN4O/c1-22(2)23-14-4-3-5-15(24)17(14)16(13(10-20)18(23)21)11-6-8-12(19)9-7-11/h6-9,16H,3-5,21H2,1-2H3/t16-/m0/s1. The summed E-state index contributed by atoms with van der Waals surface area (Å²) in [5, 5.41) is 14.0. The Kier molecular flexibility index (Phi) is 4.35. The molecule has 0 fully saturated rings. The number of ketones is 1. The van der Waals surface area contributed by atoms with Gasteiger partial charge in [0.25, 0.3) is 0 Å². The molecule has 1 aromatic carbocycles. The molecular formula is C18H19ClN4O. The summed E-state index contributed by atoms with van der Waals surface area (Å²) in [7, 11) is 3.71. The second kappa shape index (κ2) is 6.31. The van der Waals surface area contributed by atoms with E-state index in [9.17, 15) is 10.1 Å². The number of allylic oxidation sites excluding steroid dienone is 3. The van der Waals surface area contributed by atoms with Crippen LogP contribution in [0.25, 0.3) is 0 Å². The van der Waals surface area contributed by atoms with E-state index in [0.29, 0.717) is 28.4 Å². The Hall–Kier alpha value is -2.29. The van der Waals surface area contributed by atoms with E-state index >= 15 is 0 Å². The minimum atomic E-state index is -0.425. The van der Waals surface area contributed by atoms with Crippen LogP contribution in [0.3, 0.4) is 0 Å². The van der Waals surface area contributed by atoms with Gasteiger partial charge in [-0.2, -0.15) is 5.26 Å². The van der Waals surface area contributed by atoms with Gasteiger partial charge in [0.2, 0.25) is 0 Å². The quantitative estimate of drug-likeness (QED) is 0.894. The Morgan fingerprint density at radius 2 is 1.96 bits per heavy atom. The van der Waals surface area contributed by atoms with Crippen molar-refractivity contribution in [3.8, 4) is 6.07 Å². The van der Waals surface area contributed by atoms with E-state index in [4.69, 9.17) is 17.3 Å². The average Bonchev–Trinajstić information content (AvgIpc) is 2.54. The fourth-order valence-electron chi connectivity index (χ4n) is 3.51. The lowest BCUT2D eigenvalue weighted by Crippen LogP contribution is -2.45. The zero-order valence-corrected chi connectivity index (χ0v) is 14.5. The van der Waals surface area contributed by atoms with Crippen molar-refractivity contribution in [2.24, 2.45) is 5.73 Å². The highest BCUT2D eigenvalue weighted by atomic mass is 35.5. The number of Topliss-reactive ketones (excluding diaryl/α,β-unsaturated/α-hetero) is 1. The monoisotopic (exact) mass is 342 g/mol. The zero-order chi connectivity index (χ0) is 17.4. The fraction of sp³-hybridized carbons (Fsp3) is 0.333. The summed E-state index contributed by atoms with van der Waals surface area (Å²) < 4.78 is 0. The van der Waals surface area contributed by atoms with Crippen LogP contribution < -0.4 is 5.73 Å². The molecule has 0 amide bonds. The third-order valence-corrected chi connectivity index (χ3v) is 4.74. The molecular weight excluding hydrogens is 324 g/mol. The Labute approximate surface area is 146 Å². The van der Waals surface area contributed by atoms with E-state index in [2.05, 4.69) is 6.07 Å². The predicted octanol–water partition coefficient (Wildman–Crippen LogP) is 2.92. The molecule has 1 atom stereocenters. The van der Waals surface area contributed by atoms with Crippen molar-refractivity contribution in [3.05, 3.63) is 57.5 Å². The molecule has 0 unspecified atom stereocenters. The van der Waals surface area contributed by atoms with E-state index in [1.165, 1.54) is 0 Å². The van der Waals surface area contributed by atoms with Crippen molar-refractivity contribution < 1.29 is 4.79 Å². The van der Waals surface area contributed by atoms with Crippen molar-refractivity contribution in [1.82, 2.24) is 10.0 Å². The first-order chi connectivity index (χ1) is 11.5. The second-order valence-electron chi connectivity index (χ2n) is 6.19. The maximum absolute atomic E-state index is 12.7. The van der Waals surface area contributed by atoms with Crippen molar-refractivity contribution in [1.29, 1.82) is 5.26 Å². The first kappa shape index (κ1) is 16.6. The van der Waals surface area contributed by atoms with Crippen LogP contribution in [-0.2, 0) is 4.79 Å². The van der Waals surface area contributed by atoms with Crippen LogP contribution in [0.4, 0.5) is 0 Å². The first-order valence-corrected chi connectivity index (χ1v) is 8.22. The van der Waals surface area contributed by atoms with Gasteiger partial charge < -0.3 is 5.73 Å². The van der Waals surface area contributed by atoms with Crippen LogP contribution in [0.1, 0.15) is 30.7 Å². The van der Waals surface area contributed by atoms with Gasteiger partial charge in [-0.15, -0.1) is 0 Å². The maximum Gasteiger partial charge on any atom is 0.161 e. The van der Waals surface area contributed by atoms with Gasteiger partial charge in [0.05, 0.1) is 17.6 Å². The number of halogens is 1. The summed E-state index contributed by atoms with van der Waals surface area (Å²) in [6, 6.07) is 9.48. The van der Waals surface area contributed by atoms with Crippen LogP contribution in [0.5, 0.6) is 0 Å². The molecule has 2 aliphatic rings. The predicted molar refractivity (Wildman–Crippen MR) is 92.4 cm³/mol. The van der Waals surface area contributed by atoms with Gasteiger partial charge in [0.1, 0.15) is 5.82 Å². The Balaban J connectivity index is 2.25. The number of hydrogen-bond donors (Lipinski definition) is 1. The van der Waals surface area contributed by atoms with Gasteiger partial charge in [-0.1, -0.05) is 23.7 Å². The van der Waals surface area contributed by atoms with Crippen molar-refractivity contribution in [2.45, 2.75) is 25.2 Å². The molecule has 0 aromatic heterocycles. The zero-order valence-electron chi connectivity index (χ0n) is 13.7. The third kappa shape index (κ3) is 2.58. The number of hydrazine groups is 1. The number of hydrogen-bond acceptors (Lipinski definition) is 5. The lowest BCUT2D eigenvalue weighted by Gasteiger charge is -2.42. The molecule has 6 heteroatoms. The van der Waals surface area contributed by atoms with Gasteiger partial charge in [-0.3, -0.25) is 9.80 Å². The molecule has 24 heavy (non-hydrogen) atoms. The van der Waals surface area contributed by atoms with Crippen LogP contribution in [-0.4, -0.2) is 29.9 Å². The molecule has 5 nitrogen and oxygen atoms in total. The molecule has 124 valence electrons. The Morgan fingerprint density at radius 3 is 2.54 bits per heavy atom. The summed E-state index contributed by atoms with van der Waals surface area (Å²) >= 11 is 5.98. The van der Waals surface area contributed by atoms with Crippen molar-refractivity contribution >= 4 is 17.4 Å². The topological polar surface area (TPSA) is 73.4 Å². The number of nitrogens with zero attached hydrogens (tertiary/aromatic N) is 3. The molecule has 0 radical (unpaired) electrons. The third-order valence-electron chi connectivity index (χ3n) is 4.49. The summed E-state index contributed by atoms with van der Waals surface area (Å²) in [6.07, 6.45) is 2.07. The molecule has 1 heterocycles. The fourth-order valence-corrected chi connectivity index (χ4v) is 3.64. The van der Waals surface area contributed by atoms with Crippen molar-refractivity contribution in [2.75, 3.05) is 14.1 Å². The molecule has 0 saturated carbocycles. The van der Waals surface area contributed by atoms with Gasteiger partial charge in [0, 0.05) is 36.8 Å². The van der Waals surface area contributed by atoms with Gasteiger partial charge in [-0.05, 0) is 30.5 Å². The smallest absolute Gasteiger partial charge is 0.161 e. The summed E-state index contributed by atoms with van der Waals surface area (Å²) in [4.78, 5) is 12.7. The van der Waals surface area contributed by atoms with Gasteiger partial charge in [-0.25, -0.2) is 5.01 Å². The molecule has 3 rings (SSSR count). The van der Waals surface area contributed by atoms with Gasteiger partial charge in [0.15, 0.2) is 5.78 Å². The second-order valence-corrected chi connectivity index (χ2v) is 6.63. The average molecular weight is 343 g/mol. The van der Waals surface area contributed by atoms with Crippen molar-refractivity contribution in [3.63, 3.8) is 0 Å². The SMILES string of the molecule is CN(C)N1C(N)=C(C#N)[C@H](c2ccc(Cl)cc2)C2=C1CCCC2=O. The number of benzene rings is 1. The van der Waals surface area contributed by atoms with E-state index in [1.54, 1.807) is 17.1 Å². The van der Waals surface area contributed by atoms with Crippen LogP contribution in [0.2, 0.25) is 5.02 Å².